The van der Waals surface area contributed by atoms with Gasteiger partial charge >= 0.3 is 0 Å². The Kier molecular flexibility index (Phi) is 4.70. The zero-order valence-corrected chi connectivity index (χ0v) is 13.5. The Labute approximate surface area is 138 Å². The molecule has 0 saturated carbocycles. The first-order chi connectivity index (χ1) is 11.0. The highest BCUT2D eigenvalue weighted by atomic mass is 32.1. The second kappa shape index (κ2) is 6.74. The zero-order chi connectivity index (χ0) is 16.4. The molecule has 0 bridgehead atoms. The van der Waals surface area contributed by atoms with Gasteiger partial charge in [0.2, 0.25) is 0 Å². The van der Waals surface area contributed by atoms with E-state index in [1.165, 1.54) is 23.5 Å². The first-order valence-corrected chi connectivity index (χ1v) is 8.29. The van der Waals surface area contributed by atoms with E-state index < -0.39 is 6.10 Å². The molecule has 2 heterocycles. The van der Waals surface area contributed by atoms with Gasteiger partial charge in [0.05, 0.1) is 17.7 Å². The van der Waals surface area contributed by atoms with Crippen molar-refractivity contribution in [1.29, 1.82) is 0 Å². The highest BCUT2D eigenvalue weighted by Crippen LogP contribution is 2.20. The molecule has 1 aliphatic heterocycles. The molecule has 1 saturated heterocycles. The van der Waals surface area contributed by atoms with Gasteiger partial charge in [-0.3, -0.25) is 9.69 Å². The Balaban J connectivity index is 1.64. The fourth-order valence-electron chi connectivity index (χ4n) is 2.84. The molecule has 5 nitrogen and oxygen atoms in total. The van der Waals surface area contributed by atoms with Crippen LogP contribution in [0.15, 0.2) is 35.2 Å². The number of carbonyl (C=O) groups excluding carboxylic acids is 1. The largest absolute Gasteiger partial charge is 0.390 e. The summed E-state index contributed by atoms with van der Waals surface area (Å²) in [7, 11) is 1.90. The average molecular weight is 335 g/mol. The monoisotopic (exact) mass is 335 g/mol. The van der Waals surface area contributed by atoms with Crippen molar-refractivity contribution in [1.82, 2.24) is 14.8 Å². The number of rotatable bonds is 4. The molecule has 1 N–H and O–H groups in total. The van der Waals surface area contributed by atoms with Crippen molar-refractivity contribution >= 4 is 17.2 Å². The Morgan fingerprint density at radius 2 is 2.17 bits per heavy atom. The van der Waals surface area contributed by atoms with Crippen molar-refractivity contribution in [3.8, 4) is 0 Å². The van der Waals surface area contributed by atoms with Crippen molar-refractivity contribution in [2.24, 2.45) is 0 Å². The molecule has 2 aromatic rings. The van der Waals surface area contributed by atoms with E-state index in [4.69, 9.17) is 0 Å². The van der Waals surface area contributed by atoms with Crippen LogP contribution in [-0.4, -0.2) is 58.1 Å². The number of aromatic nitrogens is 1. The predicted octanol–water partition coefficient (Wildman–Crippen LogP) is 1.60. The van der Waals surface area contributed by atoms with Crippen LogP contribution < -0.4 is 0 Å². The molecule has 2 atom stereocenters. The number of thiazole rings is 1. The molecule has 122 valence electrons. The maximum atomic E-state index is 13.0. The summed E-state index contributed by atoms with van der Waals surface area (Å²) in [4.78, 5) is 20.0. The van der Waals surface area contributed by atoms with Gasteiger partial charge in [-0.05, 0) is 24.7 Å². The molecule has 1 aromatic carbocycles. The first-order valence-electron chi connectivity index (χ1n) is 7.35. The molecular weight excluding hydrogens is 317 g/mol. The predicted molar refractivity (Wildman–Crippen MR) is 85.7 cm³/mol. The standard InChI is InChI=1S/C16H18FN3O2S/c1-19(6-11-2-4-12(17)5-3-11)14-7-20(8-15(14)21)16(22)13-9-23-10-18-13/h2-5,9-10,14-15,21H,6-8H2,1H3/t14-,15-/m1/s1. The van der Waals surface area contributed by atoms with Gasteiger partial charge in [-0.2, -0.15) is 0 Å². The molecule has 1 aromatic heterocycles. The summed E-state index contributed by atoms with van der Waals surface area (Å²) >= 11 is 1.38. The lowest BCUT2D eigenvalue weighted by atomic mass is 10.1. The second-order valence-electron chi connectivity index (χ2n) is 5.76. The quantitative estimate of drug-likeness (QED) is 0.922. The topological polar surface area (TPSA) is 56.7 Å². The number of carbonyl (C=O) groups is 1. The number of likely N-dealkylation sites (tertiary alicyclic amines) is 1. The molecule has 0 aliphatic carbocycles. The van der Waals surface area contributed by atoms with E-state index in [1.54, 1.807) is 27.9 Å². The van der Waals surface area contributed by atoms with E-state index in [1.807, 2.05) is 11.9 Å². The summed E-state index contributed by atoms with van der Waals surface area (Å²) in [6, 6.07) is 6.15. The maximum Gasteiger partial charge on any atom is 0.273 e. The lowest BCUT2D eigenvalue weighted by Gasteiger charge is -2.26. The fourth-order valence-corrected chi connectivity index (χ4v) is 3.37. The molecule has 1 amide bonds. The van der Waals surface area contributed by atoms with E-state index >= 15 is 0 Å². The van der Waals surface area contributed by atoms with Crippen molar-refractivity contribution in [2.45, 2.75) is 18.7 Å². The maximum absolute atomic E-state index is 13.0. The number of hydrogen-bond acceptors (Lipinski definition) is 5. The lowest BCUT2D eigenvalue weighted by molar-refractivity contribution is 0.0758. The molecule has 7 heteroatoms. The van der Waals surface area contributed by atoms with Gasteiger partial charge < -0.3 is 10.0 Å². The minimum absolute atomic E-state index is 0.150. The van der Waals surface area contributed by atoms with Gasteiger partial charge in [-0.25, -0.2) is 9.37 Å². The van der Waals surface area contributed by atoms with Crippen molar-refractivity contribution in [3.63, 3.8) is 0 Å². The second-order valence-corrected chi connectivity index (χ2v) is 6.48. The zero-order valence-electron chi connectivity index (χ0n) is 12.7. The van der Waals surface area contributed by atoms with Crippen LogP contribution in [-0.2, 0) is 6.54 Å². The van der Waals surface area contributed by atoms with Gasteiger partial charge in [0.15, 0.2) is 0 Å². The number of aliphatic hydroxyl groups excluding tert-OH is 1. The van der Waals surface area contributed by atoms with E-state index in [2.05, 4.69) is 4.98 Å². The first kappa shape index (κ1) is 16.0. The SMILES string of the molecule is CN(Cc1ccc(F)cc1)[C@@H]1CN(C(=O)c2cscn2)C[C@H]1O. The third kappa shape index (κ3) is 3.57. The van der Waals surface area contributed by atoms with Gasteiger partial charge in [0, 0.05) is 25.0 Å². The number of benzene rings is 1. The normalized spacial score (nSPS) is 21.1. The molecule has 0 radical (unpaired) electrons. The molecule has 3 rings (SSSR count). The summed E-state index contributed by atoms with van der Waals surface area (Å²) in [5.41, 5.74) is 3.01. The van der Waals surface area contributed by atoms with Gasteiger partial charge in [0.1, 0.15) is 11.5 Å². The molecular formula is C16H18FN3O2S. The van der Waals surface area contributed by atoms with Crippen LogP contribution >= 0.6 is 11.3 Å². The number of hydrogen-bond donors (Lipinski definition) is 1. The van der Waals surface area contributed by atoms with Crippen LogP contribution in [0.5, 0.6) is 0 Å². The minimum Gasteiger partial charge on any atom is -0.390 e. The molecule has 0 spiro atoms. The Hall–Kier alpha value is -1.83. The smallest absolute Gasteiger partial charge is 0.273 e. The summed E-state index contributed by atoms with van der Waals surface area (Å²) in [6.45, 7) is 1.34. The molecule has 23 heavy (non-hydrogen) atoms. The van der Waals surface area contributed by atoms with Crippen molar-refractivity contribution in [3.05, 3.63) is 52.2 Å². The van der Waals surface area contributed by atoms with Crippen LogP contribution in [0.25, 0.3) is 0 Å². The van der Waals surface area contributed by atoms with Crippen LogP contribution in [0.3, 0.4) is 0 Å². The number of β-amino-alcohol motifs (C(OH)–C–C–N with tert-alkyl or cyclic N) is 1. The Morgan fingerprint density at radius 1 is 1.43 bits per heavy atom. The number of aliphatic hydroxyl groups is 1. The third-order valence-electron chi connectivity index (χ3n) is 4.11. The van der Waals surface area contributed by atoms with Crippen molar-refractivity contribution < 1.29 is 14.3 Å². The summed E-state index contributed by atoms with van der Waals surface area (Å²) in [5, 5.41) is 12.0. The Bertz CT molecular complexity index is 662. The van der Waals surface area contributed by atoms with E-state index in [0.29, 0.717) is 25.3 Å². The van der Waals surface area contributed by atoms with E-state index in [-0.39, 0.29) is 17.8 Å². The number of likely N-dealkylation sites (N-methyl/N-ethyl adjacent to an activating group) is 1. The van der Waals surface area contributed by atoms with Crippen LogP contribution in [0.1, 0.15) is 16.1 Å². The summed E-state index contributed by atoms with van der Waals surface area (Å²) in [5.74, 6) is -0.416. The van der Waals surface area contributed by atoms with Crippen LogP contribution in [0.2, 0.25) is 0 Å². The highest BCUT2D eigenvalue weighted by molar-refractivity contribution is 7.07. The summed E-state index contributed by atoms with van der Waals surface area (Å²) < 4.78 is 13.0. The Morgan fingerprint density at radius 3 is 2.83 bits per heavy atom. The number of amides is 1. The fraction of sp³-hybridized carbons (Fsp3) is 0.375. The third-order valence-corrected chi connectivity index (χ3v) is 4.70. The summed E-state index contributed by atoms with van der Waals surface area (Å²) in [6.07, 6.45) is -0.608. The van der Waals surface area contributed by atoms with Gasteiger partial charge in [-0.1, -0.05) is 12.1 Å². The molecule has 1 aliphatic rings. The average Bonchev–Trinajstić information content (AvgIpc) is 3.18. The van der Waals surface area contributed by atoms with E-state index in [9.17, 15) is 14.3 Å². The van der Waals surface area contributed by atoms with Gasteiger partial charge in [0.25, 0.3) is 5.91 Å². The minimum atomic E-state index is -0.608. The lowest BCUT2D eigenvalue weighted by Crippen LogP contribution is -2.40. The molecule has 1 fully saturated rings. The van der Waals surface area contributed by atoms with Crippen molar-refractivity contribution in [2.75, 3.05) is 20.1 Å². The molecule has 0 unspecified atom stereocenters. The van der Waals surface area contributed by atoms with Crippen LogP contribution in [0.4, 0.5) is 4.39 Å². The van der Waals surface area contributed by atoms with E-state index in [0.717, 1.165) is 5.56 Å². The number of halogens is 1. The van der Waals surface area contributed by atoms with Crippen LogP contribution in [0, 0.1) is 5.82 Å². The number of nitrogens with zero attached hydrogens (tertiary/aromatic N) is 3. The highest BCUT2D eigenvalue weighted by Gasteiger charge is 2.37. The van der Waals surface area contributed by atoms with Gasteiger partial charge in [-0.15, -0.1) is 11.3 Å².